The number of β-amino-alcohol motifs (C(OH)–C–C–N with tert-alkyl or cyclic N) is 1. The molecule has 110 valence electrons. The molecule has 0 atom stereocenters. The van der Waals surface area contributed by atoms with E-state index in [-0.39, 0.29) is 18.9 Å². The fourth-order valence-electron chi connectivity index (χ4n) is 2.11. The molecule has 1 N–H and O–H groups in total. The molecule has 1 aromatic carbocycles. The minimum Gasteiger partial charge on any atom is -0.444 e. The zero-order chi connectivity index (χ0) is 15.1. The van der Waals surface area contributed by atoms with E-state index in [0.29, 0.717) is 11.1 Å². The van der Waals surface area contributed by atoms with Gasteiger partial charge in [-0.05, 0) is 44.9 Å². The van der Waals surface area contributed by atoms with Gasteiger partial charge in [-0.1, -0.05) is 12.1 Å². The maximum Gasteiger partial charge on any atom is 0.410 e. The largest absolute Gasteiger partial charge is 0.444 e. The number of carbonyl (C=O) groups is 1. The van der Waals surface area contributed by atoms with Crippen LogP contribution in [-0.2, 0) is 10.3 Å². The lowest BCUT2D eigenvalue weighted by Crippen LogP contribution is -2.61. The lowest BCUT2D eigenvalue weighted by molar-refractivity contribution is -0.103. The second-order valence-corrected chi connectivity index (χ2v) is 6.33. The van der Waals surface area contributed by atoms with E-state index in [1.165, 1.54) is 11.0 Å². The van der Waals surface area contributed by atoms with Gasteiger partial charge < -0.3 is 14.7 Å². The van der Waals surface area contributed by atoms with Gasteiger partial charge in [0.2, 0.25) is 0 Å². The Kier molecular flexibility index (Phi) is 3.50. The smallest absolute Gasteiger partial charge is 0.410 e. The second kappa shape index (κ2) is 4.74. The Bertz CT molecular complexity index is 530. The SMILES string of the molecule is Cc1ccc(C2(O)CN(C(=O)OC(C)(C)C)C2)cc1F. The van der Waals surface area contributed by atoms with Crippen LogP contribution in [0.2, 0.25) is 0 Å². The Balaban J connectivity index is 2.03. The molecule has 0 radical (unpaired) electrons. The van der Waals surface area contributed by atoms with E-state index < -0.39 is 17.3 Å². The number of benzene rings is 1. The fourth-order valence-corrected chi connectivity index (χ4v) is 2.11. The summed E-state index contributed by atoms with van der Waals surface area (Å²) in [6.07, 6.45) is -0.463. The summed E-state index contributed by atoms with van der Waals surface area (Å²) in [7, 11) is 0. The number of nitrogens with zero attached hydrogens (tertiary/aromatic N) is 1. The molecule has 0 bridgehead atoms. The molecule has 1 fully saturated rings. The number of rotatable bonds is 1. The highest BCUT2D eigenvalue weighted by molar-refractivity contribution is 5.70. The van der Waals surface area contributed by atoms with Crippen molar-refractivity contribution in [3.05, 3.63) is 35.1 Å². The predicted octanol–water partition coefficient (Wildman–Crippen LogP) is 2.57. The Morgan fingerprint density at radius 2 is 2.00 bits per heavy atom. The third kappa shape index (κ3) is 2.93. The molecule has 2 rings (SSSR count). The molecule has 1 saturated heterocycles. The van der Waals surface area contributed by atoms with Gasteiger partial charge in [-0.2, -0.15) is 0 Å². The number of amides is 1. The molecule has 0 saturated carbocycles. The Labute approximate surface area is 118 Å². The maximum absolute atomic E-state index is 13.5. The van der Waals surface area contributed by atoms with Crippen LogP contribution in [-0.4, -0.2) is 34.8 Å². The van der Waals surface area contributed by atoms with Crippen molar-refractivity contribution in [2.45, 2.75) is 38.9 Å². The van der Waals surface area contributed by atoms with Crippen LogP contribution in [0.1, 0.15) is 31.9 Å². The Morgan fingerprint density at radius 3 is 2.50 bits per heavy atom. The Hall–Kier alpha value is -1.62. The van der Waals surface area contributed by atoms with Crippen molar-refractivity contribution < 1.29 is 19.0 Å². The third-order valence-corrected chi connectivity index (χ3v) is 3.27. The zero-order valence-electron chi connectivity index (χ0n) is 12.2. The van der Waals surface area contributed by atoms with Crippen molar-refractivity contribution in [2.75, 3.05) is 13.1 Å². The molecule has 5 heteroatoms. The highest BCUT2D eigenvalue weighted by Gasteiger charge is 2.46. The van der Waals surface area contributed by atoms with Gasteiger partial charge in [-0.3, -0.25) is 0 Å². The summed E-state index contributed by atoms with van der Waals surface area (Å²) in [6.45, 7) is 7.25. The van der Waals surface area contributed by atoms with Gasteiger partial charge in [-0.25, -0.2) is 9.18 Å². The van der Waals surface area contributed by atoms with Crippen molar-refractivity contribution in [1.29, 1.82) is 0 Å². The molecule has 1 amide bonds. The van der Waals surface area contributed by atoms with Gasteiger partial charge in [0, 0.05) is 0 Å². The summed E-state index contributed by atoms with van der Waals surface area (Å²) in [5.74, 6) is -0.355. The first-order valence-corrected chi connectivity index (χ1v) is 6.58. The molecule has 1 aliphatic rings. The van der Waals surface area contributed by atoms with E-state index in [0.717, 1.165) is 0 Å². The first-order valence-electron chi connectivity index (χ1n) is 6.58. The average Bonchev–Trinajstić information content (AvgIpc) is 2.26. The molecule has 0 spiro atoms. The number of aryl methyl sites for hydroxylation is 1. The van der Waals surface area contributed by atoms with E-state index in [9.17, 15) is 14.3 Å². The van der Waals surface area contributed by atoms with Gasteiger partial charge in [0.05, 0.1) is 13.1 Å². The van der Waals surface area contributed by atoms with Gasteiger partial charge in [0.1, 0.15) is 17.0 Å². The lowest BCUT2D eigenvalue weighted by atomic mass is 9.86. The van der Waals surface area contributed by atoms with E-state index in [4.69, 9.17) is 4.74 Å². The summed E-state index contributed by atoms with van der Waals surface area (Å²) in [4.78, 5) is 13.2. The standard InChI is InChI=1S/C15H20FNO3/c1-10-5-6-11(7-12(10)16)15(19)8-17(9-15)13(18)20-14(2,3)4/h5-7,19H,8-9H2,1-4H3. The van der Waals surface area contributed by atoms with E-state index in [1.54, 1.807) is 39.8 Å². The number of aliphatic hydroxyl groups is 1. The first-order chi connectivity index (χ1) is 9.11. The van der Waals surface area contributed by atoms with E-state index >= 15 is 0 Å². The molecular formula is C15H20FNO3. The second-order valence-electron chi connectivity index (χ2n) is 6.33. The van der Waals surface area contributed by atoms with Crippen LogP contribution in [0.25, 0.3) is 0 Å². The summed E-state index contributed by atoms with van der Waals surface area (Å²) >= 11 is 0. The van der Waals surface area contributed by atoms with Crippen molar-refractivity contribution in [1.82, 2.24) is 4.90 Å². The average molecular weight is 281 g/mol. The van der Waals surface area contributed by atoms with Gasteiger partial charge >= 0.3 is 6.09 Å². The first kappa shape index (κ1) is 14.8. The number of carbonyl (C=O) groups excluding carboxylic acids is 1. The third-order valence-electron chi connectivity index (χ3n) is 3.27. The van der Waals surface area contributed by atoms with Crippen molar-refractivity contribution in [2.24, 2.45) is 0 Å². The topological polar surface area (TPSA) is 49.8 Å². The summed E-state index contributed by atoms with van der Waals surface area (Å²) in [5.41, 5.74) is -0.743. The number of likely N-dealkylation sites (tertiary alicyclic amines) is 1. The highest BCUT2D eigenvalue weighted by Crippen LogP contribution is 2.33. The number of hydrogen-bond acceptors (Lipinski definition) is 3. The quantitative estimate of drug-likeness (QED) is 0.860. The monoisotopic (exact) mass is 281 g/mol. The zero-order valence-corrected chi connectivity index (χ0v) is 12.2. The molecule has 1 aromatic rings. The summed E-state index contributed by atoms with van der Waals surface area (Å²) in [6, 6.07) is 4.63. The molecule has 4 nitrogen and oxygen atoms in total. The summed E-state index contributed by atoms with van der Waals surface area (Å²) < 4.78 is 18.7. The fraction of sp³-hybridized carbons (Fsp3) is 0.533. The van der Waals surface area contributed by atoms with Crippen molar-refractivity contribution >= 4 is 6.09 Å². The van der Waals surface area contributed by atoms with Crippen LogP contribution in [0.3, 0.4) is 0 Å². The summed E-state index contributed by atoms with van der Waals surface area (Å²) in [5, 5.41) is 10.4. The van der Waals surface area contributed by atoms with Crippen LogP contribution >= 0.6 is 0 Å². The van der Waals surface area contributed by atoms with E-state index in [2.05, 4.69) is 0 Å². The van der Waals surface area contributed by atoms with Crippen LogP contribution in [0.4, 0.5) is 9.18 Å². The molecule has 0 unspecified atom stereocenters. The van der Waals surface area contributed by atoms with Crippen molar-refractivity contribution in [3.8, 4) is 0 Å². The van der Waals surface area contributed by atoms with Gasteiger partial charge in [0.15, 0.2) is 0 Å². The van der Waals surface area contributed by atoms with Gasteiger partial charge in [-0.15, -0.1) is 0 Å². The van der Waals surface area contributed by atoms with E-state index in [1.807, 2.05) is 0 Å². The highest BCUT2D eigenvalue weighted by atomic mass is 19.1. The Morgan fingerprint density at radius 1 is 1.40 bits per heavy atom. The van der Waals surface area contributed by atoms with Crippen LogP contribution in [0.15, 0.2) is 18.2 Å². The lowest BCUT2D eigenvalue weighted by Gasteiger charge is -2.46. The molecule has 0 aliphatic carbocycles. The minimum absolute atomic E-state index is 0.115. The van der Waals surface area contributed by atoms with Gasteiger partial charge in [0.25, 0.3) is 0 Å². The van der Waals surface area contributed by atoms with Crippen LogP contribution < -0.4 is 0 Å². The molecule has 0 aromatic heterocycles. The predicted molar refractivity (Wildman–Crippen MR) is 72.8 cm³/mol. The number of ether oxygens (including phenoxy) is 1. The molecular weight excluding hydrogens is 261 g/mol. The maximum atomic E-state index is 13.5. The van der Waals surface area contributed by atoms with Crippen molar-refractivity contribution in [3.63, 3.8) is 0 Å². The number of hydrogen-bond donors (Lipinski definition) is 1. The normalized spacial score (nSPS) is 17.6. The van der Waals surface area contributed by atoms with Crippen LogP contribution in [0, 0.1) is 12.7 Å². The number of halogens is 1. The molecule has 1 heterocycles. The van der Waals surface area contributed by atoms with Crippen LogP contribution in [0.5, 0.6) is 0 Å². The molecule has 20 heavy (non-hydrogen) atoms. The molecule has 1 aliphatic heterocycles. The minimum atomic E-state index is -1.19.